The van der Waals surface area contributed by atoms with Crippen LogP contribution in [0, 0.1) is 17.8 Å². The topological polar surface area (TPSA) is 15.7 Å². The van der Waals surface area contributed by atoms with Crippen molar-refractivity contribution in [2.45, 2.75) is 44.2 Å². The van der Waals surface area contributed by atoms with Gasteiger partial charge < -0.3 is 14.5 Å². The lowest BCUT2D eigenvalue weighted by Gasteiger charge is -2.52. The highest BCUT2D eigenvalue weighted by Gasteiger charge is 2.48. The molecule has 0 N–H and O–H groups in total. The van der Waals surface area contributed by atoms with Crippen LogP contribution in [0.15, 0.2) is 83.2 Å². The van der Waals surface area contributed by atoms with Gasteiger partial charge in [0.05, 0.1) is 0 Å². The Morgan fingerprint density at radius 1 is 0.929 bits per heavy atom. The fraction of sp³-hybridized carbons (Fsp3) is 0.440. The highest BCUT2D eigenvalue weighted by atomic mass is 16.5. The zero-order chi connectivity index (χ0) is 18.2. The van der Waals surface area contributed by atoms with E-state index in [4.69, 9.17) is 4.74 Å². The number of hydrogen-bond acceptors (Lipinski definition) is 3. The van der Waals surface area contributed by atoms with Crippen molar-refractivity contribution in [3.05, 3.63) is 83.2 Å². The predicted molar refractivity (Wildman–Crippen MR) is 109 cm³/mol. The SMILES string of the molecule is C1=CN2C=CCC3C4=C(CC5=CC6=C7C(CC=CN7CC=C6)C5O4)CC(C1)C32. The Bertz CT molecular complexity index is 959. The van der Waals surface area contributed by atoms with Crippen molar-refractivity contribution in [1.29, 1.82) is 0 Å². The lowest BCUT2D eigenvalue weighted by Crippen LogP contribution is -2.50. The van der Waals surface area contributed by atoms with Crippen LogP contribution in [0.4, 0.5) is 0 Å². The van der Waals surface area contributed by atoms with Crippen LogP contribution in [-0.4, -0.2) is 28.5 Å². The van der Waals surface area contributed by atoms with Gasteiger partial charge in [-0.25, -0.2) is 0 Å². The molecule has 0 aromatic heterocycles. The maximum Gasteiger partial charge on any atom is 0.128 e. The summed E-state index contributed by atoms with van der Waals surface area (Å²) in [5.41, 5.74) is 6.01. The lowest BCUT2D eigenvalue weighted by molar-refractivity contribution is 0.0208. The van der Waals surface area contributed by atoms with Crippen LogP contribution in [0.5, 0.6) is 0 Å². The zero-order valence-corrected chi connectivity index (χ0v) is 16.1. The first-order chi connectivity index (χ1) is 13.9. The van der Waals surface area contributed by atoms with Crippen LogP contribution in [0.3, 0.4) is 0 Å². The quantitative estimate of drug-likeness (QED) is 0.611. The average Bonchev–Trinajstić information content (AvgIpc) is 2.74. The summed E-state index contributed by atoms with van der Waals surface area (Å²) in [6, 6.07) is 0.595. The molecule has 142 valence electrons. The number of allylic oxidation sites excluding steroid dienone is 7. The first-order valence-corrected chi connectivity index (χ1v) is 10.9. The van der Waals surface area contributed by atoms with Crippen molar-refractivity contribution in [2.75, 3.05) is 6.54 Å². The Hall–Kier alpha value is -2.42. The van der Waals surface area contributed by atoms with Crippen LogP contribution < -0.4 is 0 Å². The number of hydrogen-bond donors (Lipinski definition) is 0. The Balaban J connectivity index is 1.30. The summed E-state index contributed by atoms with van der Waals surface area (Å²) in [6.45, 7) is 0.994. The molecular formula is C25H26N2O. The van der Waals surface area contributed by atoms with Crippen molar-refractivity contribution in [1.82, 2.24) is 9.80 Å². The molecule has 0 saturated heterocycles. The fourth-order valence-electron chi connectivity index (χ4n) is 6.75. The standard InChI is InChI=1S/C25H26N2O/c1-5-16-13-18-15-19-14-17-6-2-10-27-12-4-8-21(23(17)27)25(19)28-24(18)20-7-3-11-26(9-1)22(16)20/h1-5,10-13,17,20-21,23-24H,6-9,14-15H2. The van der Waals surface area contributed by atoms with Gasteiger partial charge in [0.2, 0.25) is 0 Å². The van der Waals surface area contributed by atoms with Crippen molar-refractivity contribution in [2.24, 2.45) is 17.8 Å². The van der Waals surface area contributed by atoms with Gasteiger partial charge in [-0.05, 0) is 67.1 Å². The molecule has 2 aliphatic carbocycles. The highest BCUT2D eigenvalue weighted by molar-refractivity contribution is 5.50. The summed E-state index contributed by atoms with van der Waals surface area (Å²) in [5, 5.41) is 0. The third kappa shape index (κ3) is 2.00. The van der Waals surface area contributed by atoms with E-state index in [9.17, 15) is 0 Å². The van der Waals surface area contributed by atoms with Crippen LogP contribution in [-0.2, 0) is 4.74 Å². The fourth-order valence-corrected chi connectivity index (χ4v) is 6.75. The van der Waals surface area contributed by atoms with E-state index in [-0.39, 0.29) is 6.10 Å². The zero-order valence-electron chi connectivity index (χ0n) is 16.1. The smallest absolute Gasteiger partial charge is 0.128 e. The van der Waals surface area contributed by atoms with Gasteiger partial charge in [-0.3, -0.25) is 0 Å². The number of nitrogens with zero attached hydrogens (tertiary/aromatic N) is 2. The molecule has 0 radical (unpaired) electrons. The minimum Gasteiger partial charge on any atom is -0.489 e. The van der Waals surface area contributed by atoms with Crippen LogP contribution >= 0.6 is 0 Å². The first kappa shape index (κ1) is 15.5. The van der Waals surface area contributed by atoms with Crippen molar-refractivity contribution in [3.63, 3.8) is 0 Å². The second kappa shape index (κ2) is 5.56. The monoisotopic (exact) mass is 370 g/mol. The second-order valence-electron chi connectivity index (χ2n) is 9.27. The molecule has 7 rings (SSSR count). The molecule has 3 nitrogen and oxygen atoms in total. The Morgan fingerprint density at radius 2 is 1.79 bits per heavy atom. The molecule has 0 spiro atoms. The summed E-state index contributed by atoms with van der Waals surface area (Å²) in [4.78, 5) is 4.89. The molecule has 0 bridgehead atoms. The van der Waals surface area contributed by atoms with Gasteiger partial charge in [-0.2, -0.15) is 0 Å². The molecule has 5 heterocycles. The molecule has 0 aromatic carbocycles. The maximum absolute atomic E-state index is 6.97. The van der Waals surface area contributed by atoms with Gasteiger partial charge in [0, 0.05) is 36.3 Å². The molecule has 5 unspecified atom stereocenters. The summed E-state index contributed by atoms with van der Waals surface area (Å²) < 4.78 is 6.97. The normalized spacial score (nSPS) is 39.1. The number of rotatable bonds is 0. The molecule has 5 atom stereocenters. The van der Waals surface area contributed by atoms with Crippen molar-refractivity contribution >= 4 is 0 Å². The van der Waals surface area contributed by atoms with Gasteiger partial charge in [-0.15, -0.1) is 0 Å². The average molecular weight is 370 g/mol. The Kier molecular flexibility index (Phi) is 3.08. The van der Waals surface area contributed by atoms with Crippen molar-refractivity contribution in [3.8, 4) is 0 Å². The minimum absolute atomic E-state index is 0.228. The summed E-state index contributed by atoms with van der Waals surface area (Å²) in [6.07, 6.45) is 27.0. The Labute approximate surface area is 166 Å². The summed E-state index contributed by atoms with van der Waals surface area (Å²) in [7, 11) is 0. The van der Waals surface area contributed by atoms with Gasteiger partial charge in [0.15, 0.2) is 0 Å². The molecular weight excluding hydrogens is 344 g/mol. The molecule has 7 aliphatic rings. The van der Waals surface area contributed by atoms with E-state index < -0.39 is 0 Å². The molecule has 0 aromatic rings. The van der Waals surface area contributed by atoms with E-state index in [0.29, 0.717) is 17.9 Å². The van der Waals surface area contributed by atoms with Gasteiger partial charge in [0.25, 0.3) is 0 Å². The molecule has 28 heavy (non-hydrogen) atoms. The third-order valence-electron chi connectivity index (χ3n) is 7.79. The van der Waals surface area contributed by atoms with E-state index in [1.54, 1.807) is 5.57 Å². The summed E-state index contributed by atoms with van der Waals surface area (Å²) >= 11 is 0. The van der Waals surface area contributed by atoms with E-state index in [1.807, 2.05) is 0 Å². The van der Waals surface area contributed by atoms with Crippen molar-refractivity contribution < 1.29 is 4.74 Å². The second-order valence-corrected chi connectivity index (χ2v) is 9.27. The van der Waals surface area contributed by atoms with Crippen LogP contribution in [0.25, 0.3) is 0 Å². The molecule has 3 heteroatoms. The highest BCUT2D eigenvalue weighted by Crippen LogP contribution is 2.52. The Morgan fingerprint density at radius 3 is 2.75 bits per heavy atom. The van der Waals surface area contributed by atoms with E-state index in [1.165, 1.54) is 35.4 Å². The van der Waals surface area contributed by atoms with Gasteiger partial charge >= 0.3 is 0 Å². The largest absolute Gasteiger partial charge is 0.489 e. The third-order valence-corrected chi connectivity index (χ3v) is 7.79. The van der Waals surface area contributed by atoms with Gasteiger partial charge in [-0.1, -0.05) is 36.5 Å². The first-order valence-electron chi connectivity index (χ1n) is 10.9. The van der Waals surface area contributed by atoms with Gasteiger partial charge in [0.1, 0.15) is 11.9 Å². The van der Waals surface area contributed by atoms with E-state index >= 15 is 0 Å². The molecule has 0 fully saturated rings. The number of fused-ring (bicyclic) bond motifs is 3. The number of ether oxygens (including phenoxy) is 1. The predicted octanol–water partition coefficient (Wildman–Crippen LogP) is 4.77. The molecule has 0 amide bonds. The van der Waals surface area contributed by atoms with E-state index in [0.717, 1.165) is 31.7 Å². The van der Waals surface area contributed by atoms with E-state index in [2.05, 4.69) is 64.9 Å². The maximum atomic E-state index is 6.97. The molecule has 5 aliphatic heterocycles. The van der Waals surface area contributed by atoms with Crippen LogP contribution in [0.1, 0.15) is 32.1 Å². The lowest BCUT2D eigenvalue weighted by atomic mass is 9.67. The van der Waals surface area contributed by atoms with Crippen LogP contribution in [0.2, 0.25) is 0 Å². The minimum atomic E-state index is 0.228. The summed E-state index contributed by atoms with van der Waals surface area (Å²) in [5.74, 6) is 3.09. The molecule has 0 saturated carbocycles.